The molecular weight excluding hydrogens is 238 g/mol. The fourth-order valence-corrected chi connectivity index (χ4v) is 1.98. The number of H-pyrrole nitrogens is 1. The minimum Gasteiger partial charge on any atom is -0.369 e. The first-order valence-electron chi connectivity index (χ1n) is 5.16. The third kappa shape index (κ3) is 2.65. The van der Waals surface area contributed by atoms with E-state index in [4.69, 9.17) is 17.3 Å². The van der Waals surface area contributed by atoms with Crippen molar-refractivity contribution in [3.63, 3.8) is 0 Å². The second-order valence-corrected chi connectivity index (χ2v) is 4.19. The molecule has 17 heavy (non-hydrogen) atoms. The second-order valence-electron chi connectivity index (χ2n) is 3.83. The van der Waals surface area contributed by atoms with Crippen LogP contribution >= 0.6 is 11.6 Å². The maximum Gasteiger partial charge on any atom is 0.221 e. The minimum atomic E-state index is -0.353. The number of aryl methyl sites for hydroxylation is 1. The maximum absolute atomic E-state index is 10.9. The largest absolute Gasteiger partial charge is 0.369 e. The van der Waals surface area contributed by atoms with Crippen LogP contribution in [0.5, 0.6) is 0 Å². The van der Waals surface area contributed by atoms with Crippen molar-refractivity contribution in [1.82, 2.24) is 9.97 Å². The molecule has 0 saturated carbocycles. The van der Waals surface area contributed by atoms with E-state index >= 15 is 0 Å². The summed E-state index contributed by atoms with van der Waals surface area (Å²) in [6, 6.07) is 7.50. The van der Waals surface area contributed by atoms with Crippen LogP contribution in [0.3, 0.4) is 0 Å². The van der Waals surface area contributed by atoms with Crippen molar-refractivity contribution in [2.24, 2.45) is 5.73 Å². The third-order valence-electron chi connectivity index (χ3n) is 2.37. The zero-order valence-corrected chi connectivity index (χ0v) is 10.1. The lowest BCUT2D eigenvalue weighted by Crippen LogP contribution is -2.13. The van der Waals surface area contributed by atoms with Gasteiger partial charge in [0.15, 0.2) is 5.15 Å². The van der Waals surface area contributed by atoms with Gasteiger partial charge in [0, 0.05) is 5.56 Å². The van der Waals surface area contributed by atoms with E-state index in [1.54, 1.807) is 0 Å². The van der Waals surface area contributed by atoms with Crippen LogP contribution < -0.4 is 5.73 Å². The molecule has 0 fully saturated rings. The molecule has 0 unspecified atom stereocenters. The minimum absolute atomic E-state index is 0.221. The number of benzene rings is 1. The van der Waals surface area contributed by atoms with Crippen molar-refractivity contribution in [2.45, 2.75) is 13.3 Å². The molecule has 88 valence electrons. The Balaban J connectivity index is 2.39. The number of imidazole rings is 1. The summed E-state index contributed by atoms with van der Waals surface area (Å²) in [6.07, 6.45) is 0.221. The van der Waals surface area contributed by atoms with Gasteiger partial charge in [0.1, 0.15) is 5.82 Å². The number of rotatable bonds is 3. The van der Waals surface area contributed by atoms with Crippen LogP contribution in [0.25, 0.3) is 11.3 Å². The predicted octanol–water partition coefficient (Wildman–Crippen LogP) is 2.07. The quantitative estimate of drug-likeness (QED) is 0.874. The van der Waals surface area contributed by atoms with Crippen LogP contribution in [0.2, 0.25) is 5.15 Å². The number of nitrogens with two attached hydrogens (primary N) is 1. The number of nitrogens with zero attached hydrogens (tertiary/aromatic N) is 1. The maximum atomic E-state index is 10.9. The van der Waals surface area contributed by atoms with Crippen molar-refractivity contribution in [2.75, 3.05) is 0 Å². The molecule has 2 aromatic rings. The highest BCUT2D eigenvalue weighted by molar-refractivity contribution is 6.31. The van der Waals surface area contributed by atoms with E-state index < -0.39 is 0 Å². The summed E-state index contributed by atoms with van der Waals surface area (Å²) >= 11 is 6.00. The molecule has 4 nitrogen and oxygen atoms in total. The molecule has 1 heterocycles. The molecule has 0 atom stereocenters. The standard InChI is InChI=1S/C12H12ClN3O/c1-7-15-11(12(13)16-7)9-4-2-3-8(5-9)6-10(14)17/h2-5H,6H2,1H3,(H2,14,17)(H,15,16). The smallest absolute Gasteiger partial charge is 0.221 e. The predicted molar refractivity (Wildman–Crippen MR) is 66.7 cm³/mol. The van der Waals surface area contributed by atoms with Crippen LogP contribution in [0.4, 0.5) is 0 Å². The molecule has 3 N–H and O–H groups in total. The topological polar surface area (TPSA) is 71.8 Å². The molecule has 1 aromatic heterocycles. The highest BCUT2D eigenvalue weighted by atomic mass is 35.5. The Labute approximate surface area is 104 Å². The Morgan fingerprint density at radius 2 is 2.29 bits per heavy atom. The Morgan fingerprint density at radius 1 is 1.53 bits per heavy atom. The number of amides is 1. The highest BCUT2D eigenvalue weighted by Gasteiger charge is 2.09. The van der Waals surface area contributed by atoms with Gasteiger partial charge in [0.2, 0.25) is 5.91 Å². The molecule has 0 spiro atoms. The fraction of sp³-hybridized carbons (Fsp3) is 0.167. The van der Waals surface area contributed by atoms with Gasteiger partial charge in [-0.15, -0.1) is 0 Å². The summed E-state index contributed by atoms with van der Waals surface area (Å²) in [5.41, 5.74) is 7.68. The van der Waals surface area contributed by atoms with Crippen molar-refractivity contribution < 1.29 is 4.79 Å². The van der Waals surface area contributed by atoms with Crippen molar-refractivity contribution in [3.05, 3.63) is 40.8 Å². The van der Waals surface area contributed by atoms with Gasteiger partial charge in [-0.1, -0.05) is 29.8 Å². The molecule has 0 bridgehead atoms. The summed E-state index contributed by atoms with van der Waals surface area (Å²) in [7, 11) is 0. The van der Waals surface area contributed by atoms with E-state index in [0.29, 0.717) is 5.15 Å². The zero-order chi connectivity index (χ0) is 12.4. The van der Waals surface area contributed by atoms with Gasteiger partial charge in [-0.25, -0.2) is 4.98 Å². The molecule has 0 aliphatic carbocycles. The first kappa shape index (κ1) is 11.7. The lowest BCUT2D eigenvalue weighted by Gasteiger charge is -2.02. The average molecular weight is 250 g/mol. The molecule has 5 heteroatoms. The van der Waals surface area contributed by atoms with Crippen molar-refractivity contribution in [1.29, 1.82) is 0 Å². The second kappa shape index (κ2) is 4.59. The normalized spacial score (nSPS) is 10.5. The van der Waals surface area contributed by atoms with Gasteiger partial charge >= 0.3 is 0 Å². The number of aromatic amines is 1. The van der Waals surface area contributed by atoms with E-state index in [9.17, 15) is 4.79 Å². The van der Waals surface area contributed by atoms with Gasteiger partial charge in [0.25, 0.3) is 0 Å². The summed E-state index contributed by atoms with van der Waals surface area (Å²) in [6.45, 7) is 1.84. The number of hydrogen-bond acceptors (Lipinski definition) is 2. The Kier molecular flexibility index (Phi) is 3.15. The summed E-state index contributed by atoms with van der Waals surface area (Å²) in [5, 5.41) is 0.429. The molecule has 1 aromatic carbocycles. The van der Waals surface area contributed by atoms with Crippen LogP contribution in [-0.4, -0.2) is 15.9 Å². The van der Waals surface area contributed by atoms with Gasteiger partial charge < -0.3 is 10.7 Å². The Hall–Kier alpha value is -1.81. The van der Waals surface area contributed by atoms with E-state index in [1.165, 1.54) is 0 Å². The van der Waals surface area contributed by atoms with E-state index in [-0.39, 0.29) is 12.3 Å². The highest BCUT2D eigenvalue weighted by Crippen LogP contribution is 2.26. The van der Waals surface area contributed by atoms with Gasteiger partial charge in [-0.3, -0.25) is 4.79 Å². The molecule has 0 saturated heterocycles. The first-order valence-corrected chi connectivity index (χ1v) is 5.54. The number of hydrogen-bond donors (Lipinski definition) is 2. The number of primary amides is 1. The van der Waals surface area contributed by atoms with E-state index in [0.717, 1.165) is 22.6 Å². The number of carbonyl (C=O) groups is 1. The third-order valence-corrected chi connectivity index (χ3v) is 2.65. The molecule has 0 radical (unpaired) electrons. The fourth-order valence-electron chi connectivity index (χ4n) is 1.69. The van der Waals surface area contributed by atoms with Crippen LogP contribution in [-0.2, 0) is 11.2 Å². The summed E-state index contributed by atoms with van der Waals surface area (Å²) in [4.78, 5) is 18.0. The SMILES string of the molecule is Cc1nc(Cl)c(-c2cccc(CC(N)=O)c2)[nH]1. The average Bonchev–Trinajstić information content (AvgIpc) is 2.57. The van der Waals surface area contributed by atoms with Gasteiger partial charge in [0.05, 0.1) is 12.1 Å². The van der Waals surface area contributed by atoms with Crippen molar-refractivity contribution in [3.8, 4) is 11.3 Å². The van der Waals surface area contributed by atoms with Crippen LogP contribution in [0.1, 0.15) is 11.4 Å². The first-order chi connectivity index (χ1) is 8.06. The zero-order valence-electron chi connectivity index (χ0n) is 9.33. The molecule has 1 amide bonds. The summed E-state index contributed by atoms with van der Waals surface area (Å²) < 4.78 is 0. The number of aromatic nitrogens is 2. The van der Waals surface area contributed by atoms with Crippen LogP contribution in [0.15, 0.2) is 24.3 Å². The van der Waals surface area contributed by atoms with Gasteiger partial charge in [-0.2, -0.15) is 0 Å². The summed E-state index contributed by atoms with van der Waals surface area (Å²) in [5.74, 6) is 0.402. The Bertz CT molecular complexity index is 563. The van der Waals surface area contributed by atoms with Crippen LogP contribution in [0, 0.1) is 6.92 Å². The van der Waals surface area contributed by atoms with Gasteiger partial charge in [-0.05, 0) is 18.6 Å². The van der Waals surface area contributed by atoms with E-state index in [1.807, 2.05) is 31.2 Å². The molecular formula is C12H12ClN3O. The molecule has 0 aliphatic rings. The number of nitrogens with one attached hydrogen (secondary N) is 1. The number of carbonyl (C=O) groups excluding carboxylic acids is 1. The lowest BCUT2D eigenvalue weighted by atomic mass is 10.1. The Morgan fingerprint density at radius 3 is 2.88 bits per heavy atom. The van der Waals surface area contributed by atoms with E-state index in [2.05, 4.69) is 9.97 Å². The van der Waals surface area contributed by atoms with Crippen molar-refractivity contribution >= 4 is 17.5 Å². The molecule has 2 rings (SSSR count). The lowest BCUT2D eigenvalue weighted by molar-refractivity contribution is -0.117. The number of halogens is 1. The molecule has 0 aliphatic heterocycles. The monoisotopic (exact) mass is 249 g/mol.